The Morgan fingerprint density at radius 2 is 1.81 bits per heavy atom. The van der Waals surface area contributed by atoms with Crippen molar-refractivity contribution in [3.05, 3.63) is 51.1 Å². The Labute approximate surface area is 134 Å². The number of hydrogen-bond acceptors (Lipinski definition) is 3. The fourth-order valence-electron chi connectivity index (χ4n) is 1.61. The molecular weight excluding hydrogens is 312 g/mol. The van der Waals surface area contributed by atoms with Crippen LogP contribution in [-0.2, 0) is 6.54 Å². The molecule has 1 heterocycles. The van der Waals surface area contributed by atoms with Gasteiger partial charge in [0.25, 0.3) is 0 Å². The van der Waals surface area contributed by atoms with Gasteiger partial charge in [-0.1, -0.05) is 31.5 Å². The molecule has 3 nitrogen and oxygen atoms in total. The molecule has 0 aliphatic heterocycles. The second-order valence-corrected chi connectivity index (χ2v) is 4.92. The Bertz CT molecular complexity index is 618. The van der Waals surface area contributed by atoms with Crippen molar-refractivity contribution in [1.82, 2.24) is 9.97 Å². The van der Waals surface area contributed by atoms with Crippen LogP contribution in [-0.4, -0.2) is 9.97 Å². The summed E-state index contributed by atoms with van der Waals surface area (Å²) in [5.41, 5.74) is 2.19. The molecule has 1 N–H and O–H groups in total. The van der Waals surface area contributed by atoms with Crippen LogP contribution in [0.3, 0.4) is 0 Å². The third-order valence-electron chi connectivity index (χ3n) is 2.82. The summed E-state index contributed by atoms with van der Waals surface area (Å²) in [7, 11) is 0. The lowest BCUT2D eigenvalue weighted by molar-refractivity contribution is 0.613. The monoisotopic (exact) mass is 329 g/mol. The predicted molar refractivity (Wildman–Crippen MR) is 86.6 cm³/mol. The Hall–Kier alpha value is -1.39. The predicted octanol–water partition coefficient (Wildman–Crippen LogP) is 5.18. The summed E-state index contributed by atoms with van der Waals surface area (Å²) in [4.78, 5) is 8.13. The Balaban J connectivity index is 0.00000106. The molecule has 0 bridgehead atoms. The van der Waals surface area contributed by atoms with Gasteiger partial charge in [0, 0.05) is 28.4 Å². The molecule has 0 fully saturated rings. The van der Waals surface area contributed by atoms with Gasteiger partial charge in [0.15, 0.2) is 0 Å². The zero-order valence-electron chi connectivity index (χ0n) is 12.5. The largest absolute Gasteiger partial charge is 0.366 e. The number of benzene rings is 1. The van der Waals surface area contributed by atoms with Crippen LogP contribution in [0.4, 0.5) is 10.2 Å². The highest BCUT2D eigenvalue weighted by atomic mass is 35.5. The minimum absolute atomic E-state index is 0.169. The minimum Gasteiger partial charge on any atom is -0.366 e. The summed E-state index contributed by atoms with van der Waals surface area (Å²) >= 11 is 11.5. The molecule has 0 unspecified atom stereocenters. The van der Waals surface area contributed by atoms with Gasteiger partial charge >= 0.3 is 0 Å². The van der Waals surface area contributed by atoms with Crippen molar-refractivity contribution in [3.8, 4) is 0 Å². The molecule has 2 aromatic rings. The van der Waals surface area contributed by atoms with Gasteiger partial charge in [-0.3, -0.25) is 0 Å². The molecule has 0 spiro atoms. The first-order valence-electron chi connectivity index (χ1n) is 6.66. The molecule has 6 heteroatoms. The molecule has 1 aromatic heterocycles. The molecule has 0 saturated heterocycles. The van der Waals surface area contributed by atoms with Crippen molar-refractivity contribution in [2.75, 3.05) is 5.32 Å². The van der Waals surface area contributed by atoms with E-state index in [0.717, 1.165) is 11.3 Å². The SMILES string of the molecule is CC.Cc1nc(Cl)nc(NCc2ccc(Cl)cc2F)c1C. The maximum absolute atomic E-state index is 13.6. The lowest BCUT2D eigenvalue weighted by Crippen LogP contribution is -2.07. The highest BCUT2D eigenvalue weighted by Gasteiger charge is 2.08. The maximum Gasteiger partial charge on any atom is 0.224 e. The zero-order chi connectivity index (χ0) is 16.0. The summed E-state index contributed by atoms with van der Waals surface area (Å²) in [6.07, 6.45) is 0. The van der Waals surface area contributed by atoms with Crippen LogP contribution in [0.15, 0.2) is 18.2 Å². The van der Waals surface area contributed by atoms with Crippen LogP contribution in [0.25, 0.3) is 0 Å². The van der Waals surface area contributed by atoms with Crippen LogP contribution in [0.5, 0.6) is 0 Å². The Morgan fingerprint density at radius 1 is 1.14 bits per heavy atom. The van der Waals surface area contributed by atoms with E-state index in [-0.39, 0.29) is 11.1 Å². The van der Waals surface area contributed by atoms with Crippen LogP contribution in [0.1, 0.15) is 30.7 Å². The molecule has 0 aliphatic carbocycles. The van der Waals surface area contributed by atoms with E-state index in [1.54, 1.807) is 12.1 Å². The van der Waals surface area contributed by atoms with Crippen LogP contribution < -0.4 is 5.32 Å². The zero-order valence-corrected chi connectivity index (χ0v) is 14.0. The summed E-state index contributed by atoms with van der Waals surface area (Å²) in [6, 6.07) is 4.56. The maximum atomic E-state index is 13.6. The molecule has 0 aliphatic rings. The fourth-order valence-corrected chi connectivity index (χ4v) is 1.98. The second-order valence-electron chi connectivity index (χ2n) is 4.14. The number of nitrogens with one attached hydrogen (secondary N) is 1. The van der Waals surface area contributed by atoms with E-state index < -0.39 is 0 Å². The standard InChI is InChI=1S/C13H12Cl2FN3.C2H6/c1-7-8(2)18-13(15)19-12(7)17-6-9-3-4-10(14)5-11(9)16;1-2/h3-5H,6H2,1-2H3,(H,17,18,19);1-2H3. The van der Waals surface area contributed by atoms with Gasteiger partial charge in [-0.2, -0.15) is 0 Å². The number of hydrogen-bond donors (Lipinski definition) is 1. The first kappa shape index (κ1) is 17.7. The van der Waals surface area contributed by atoms with Crippen molar-refractivity contribution in [3.63, 3.8) is 0 Å². The van der Waals surface area contributed by atoms with Gasteiger partial charge in [0.05, 0.1) is 0 Å². The number of rotatable bonds is 3. The topological polar surface area (TPSA) is 37.8 Å². The summed E-state index contributed by atoms with van der Waals surface area (Å²) < 4.78 is 13.6. The van der Waals surface area contributed by atoms with Crippen LogP contribution in [0, 0.1) is 19.7 Å². The molecular formula is C15H18Cl2FN3. The summed E-state index contributed by atoms with van der Waals surface area (Å²) in [5, 5.41) is 3.59. The quantitative estimate of drug-likeness (QED) is 0.788. The number of nitrogens with zero attached hydrogens (tertiary/aromatic N) is 2. The molecule has 0 atom stereocenters. The third kappa shape index (κ3) is 4.83. The molecule has 0 radical (unpaired) electrons. The Morgan fingerprint density at radius 3 is 2.43 bits per heavy atom. The van der Waals surface area contributed by atoms with Crippen molar-refractivity contribution >= 4 is 29.0 Å². The van der Waals surface area contributed by atoms with E-state index >= 15 is 0 Å². The Kier molecular flexibility index (Phi) is 6.85. The highest BCUT2D eigenvalue weighted by molar-refractivity contribution is 6.30. The molecule has 0 amide bonds. The molecule has 2 rings (SSSR count). The van der Waals surface area contributed by atoms with Crippen LogP contribution in [0.2, 0.25) is 10.3 Å². The smallest absolute Gasteiger partial charge is 0.224 e. The molecule has 21 heavy (non-hydrogen) atoms. The average molecular weight is 330 g/mol. The number of aryl methyl sites for hydroxylation is 1. The van der Waals surface area contributed by atoms with E-state index in [1.807, 2.05) is 27.7 Å². The van der Waals surface area contributed by atoms with E-state index in [4.69, 9.17) is 23.2 Å². The highest BCUT2D eigenvalue weighted by Crippen LogP contribution is 2.19. The first-order valence-corrected chi connectivity index (χ1v) is 7.41. The molecule has 114 valence electrons. The van der Waals surface area contributed by atoms with E-state index in [2.05, 4.69) is 15.3 Å². The summed E-state index contributed by atoms with van der Waals surface area (Å²) in [5.74, 6) is 0.251. The van der Waals surface area contributed by atoms with E-state index in [0.29, 0.717) is 22.9 Å². The van der Waals surface area contributed by atoms with Gasteiger partial charge in [-0.25, -0.2) is 14.4 Å². The molecule has 1 aromatic carbocycles. The fraction of sp³-hybridized carbons (Fsp3) is 0.333. The van der Waals surface area contributed by atoms with Gasteiger partial charge in [0.1, 0.15) is 11.6 Å². The number of anilines is 1. The van der Waals surface area contributed by atoms with Gasteiger partial charge in [-0.15, -0.1) is 0 Å². The van der Waals surface area contributed by atoms with E-state index in [1.165, 1.54) is 6.07 Å². The third-order valence-corrected chi connectivity index (χ3v) is 3.23. The minimum atomic E-state index is -0.352. The number of aromatic nitrogens is 2. The second kappa shape index (κ2) is 8.15. The van der Waals surface area contributed by atoms with Gasteiger partial charge in [-0.05, 0) is 37.6 Å². The van der Waals surface area contributed by atoms with Crippen molar-refractivity contribution in [2.45, 2.75) is 34.2 Å². The summed E-state index contributed by atoms with van der Waals surface area (Å²) in [6.45, 7) is 8.03. The lowest BCUT2D eigenvalue weighted by Gasteiger charge is -2.11. The normalized spacial score (nSPS) is 9.86. The van der Waals surface area contributed by atoms with Gasteiger partial charge in [0.2, 0.25) is 5.28 Å². The molecule has 0 saturated carbocycles. The van der Waals surface area contributed by atoms with Crippen molar-refractivity contribution < 1.29 is 4.39 Å². The van der Waals surface area contributed by atoms with Crippen LogP contribution >= 0.6 is 23.2 Å². The first-order chi connectivity index (χ1) is 9.97. The van der Waals surface area contributed by atoms with Crippen molar-refractivity contribution in [1.29, 1.82) is 0 Å². The van der Waals surface area contributed by atoms with Gasteiger partial charge < -0.3 is 5.32 Å². The lowest BCUT2D eigenvalue weighted by atomic mass is 10.2. The van der Waals surface area contributed by atoms with E-state index in [9.17, 15) is 4.39 Å². The average Bonchev–Trinajstić information content (AvgIpc) is 2.45. The van der Waals surface area contributed by atoms with Crippen molar-refractivity contribution in [2.24, 2.45) is 0 Å². The number of halogens is 3.